The Balaban J connectivity index is 1.37. The second-order valence-electron chi connectivity index (χ2n) is 14.6. The number of rotatable bonds is 6. The third-order valence-electron chi connectivity index (χ3n) is 8.28. The molecule has 4 aromatic rings. The molecule has 0 spiro atoms. The summed E-state index contributed by atoms with van der Waals surface area (Å²) in [6, 6.07) is 15.1. The van der Waals surface area contributed by atoms with Gasteiger partial charge in [-0.05, 0) is 78.3 Å². The van der Waals surface area contributed by atoms with Crippen molar-refractivity contribution in [3.63, 3.8) is 0 Å². The van der Waals surface area contributed by atoms with Gasteiger partial charge in [0.1, 0.15) is 22.7 Å². The SMILES string of the molecule is Cc1c(C#N)cccc1-c1cc(-c2cn(Cc3cccc(N4CC5COCC5C4)n3)nn2)nc(N(C(=O)OC(C)(C)C)C(=O)OC(C)(C)C)n1. The monoisotopic (exact) mass is 679 g/mol. The number of nitrogens with zero attached hydrogens (tertiary/aromatic N) is 9. The lowest BCUT2D eigenvalue weighted by Crippen LogP contribution is -2.44. The molecule has 0 bridgehead atoms. The summed E-state index contributed by atoms with van der Waals surface area (Å²) in [4.78, 5) is 44.3. The number of amides is 2. The molecule has 0 aliphatic carbocycles. The molecule has 2 fully saturated rings. The number of ether oxygens (including phenoxy) is 3. The van der Waals surface area contributed by atoms with Gasteiger partial charge in [0.05, 0.1) is 54.7 Å². The summed E-state index contributed by atoms with van der Waals surface area (Å²) in [5.41, 5.74) is 1.64. The Hall–Kier alpha value is -5.42. The van der Waals surface area contributed by atoms with E-state index in [2.05, 4.69) is 31.2 Å². The lowest BCUT2D eigenvalue weighted by atomic mass is 10.00. The molecule has 50 heavy (non-hydrogen) atoms. The molecule has 2 aliphatic rings. The first-order chi connectivity index (χ1) is 23.7. The Morgan fingerprint density at radius 1 is 0.920 bits per heavy atom. The summed E-state index contributed by atoms with van der Waals surface area (Å²) >= 11 is 0. The van der Waals surface area contributed by atoms with Crippen LogP contribution >= 0.6 is 0 Å². The van der Waals surface area contributed by atoms with Gasteiger partial charge in [0.2, 0.25) is 5.95 Å². The van der Waals surface area contributed by atoms with Crippen molar-refractivity contribution >= 4 is 24.0 Å². The van der Waals surface area contributed by atoms with Crippen LogP contribution in [0.5, 0.6) is 0 Å². The molecular weight excluding hydrogens is 638 g/mol. The molecule has 2 unspecified atom stereocenters. The average molecular weight is 680 g/mol. The van der Waals surface area contributed by atoms with Crippen LogP contribution < -0.4 is 9.80 Å². The quantitative estimate of drug-likeness (QED) is 0.242. The molecular formula is C36H41N9O5. The van der Waals surface area contributed by atoms with Crippen molar-refractivity contribution in [3.8, 4) is 28.7 Å². The van der Waals surface area contributed by atoms with E-state index in [1.807, 2.05) is 18.2 Å². The zero-order valence-electron chi connectivity index (χ0n) is 29.4. The zero-order chi connectivity index (χ0) is 35.8. The molecule has 3 aromatic heterocycles. The second-order valence-corrected chi connectivity index (χ2v) is 14.6. The maximum atomic E-state index is 13.6. The van der Waals surface area contributed by atoms with Crippen LogP contribution in [0.3, 0.4) is 0 Å². The minimum Gasteiger partial charge on any atom is -0.443 e. The molecule has 0 N–H and O–H groups in total. The molecule has 14 nitrogen and oxygen atoms in total. The summed E-state index contributed by atoms with van der Waals surface area (Å²) in [5.74, 6) is 1.71. The van der Waals surface area contributed by atoms with Gasteiger partial charge in [0.25, 0.3) is 0 Å². The Labute approximate surface area is 291 Å². The van der Waals surface area contributed by atoms with Gasteiger partial charge in [0, 0.05) is 30.5 Å². The number of imide groups is 1. The number of carbonyl (C=O) groups excluding carboxylic acids is 2. The third-order valence-corrected chi connectivity index (χ3v) is 8.28. The standard InChI is InChI=1S/C36H41N9O5/c1-22-23(15-37)10-8-12-27(22)28-14-29(40-32(39-28)45(33(46)49-35(2,3)4)34(47)50-36(5,6)7)30-19-44(42-41-30)18-26-11-9-13-31(38-26)43-16-24-20-48-21-25(24)17-43/h8-14,19,24-25H,16-18,20-21H2,1-7H3. The second kappa shape index (κ2) is 13.5. The Morgan fingerprint density at radius 3 is 2.20 bits per heavy atom. The maximum Gasteiger partial charge on any atom is 0.427 e. The predicted octanol–water partition coefficient (Wildman–Crippen LogP) is 5.78. The number of hydrogen-bond acceptors (Lipinski definition) is 12. The van der Waals surface area contributed by atoms with Gasteiger partial charge in [-0.15, -0.1) is 10.00 Å². The molecule has 2 atom stereocenters. The maximum absolute atomic E-state index is 13.6. The molecule has 0 radical (unpaired) electrons. The molecule has 2 aliphatic heterocycles. The summed E-state index contributed by atoms with van der Waals surface area (Å²) in [6.45, 7) is 15.7. The van der Waals surface area contributed by atoms with Gasteiger partial charge in [-0.25, -0.2) is 29.2 Å². The zero-order valence-corrected chi connectivity index (χ0v) is 29.4. The number of benzene rings is 1. The third kappa shape index (κ3) is 7.73. The van der Waals surface area contributed by atoms with Crippen LogP contribution in [0.25, 0.3) is 22.6 Å². The van der Waals surface area contributed by atoms with E-state index in [1.54, 1.807) is 83.6 Å². The lowest BCUT2D eigenvalue weighted by molar-refractivity contribution is 0.0427. The molecule has 6 rings (SSSR count). The van der Waals surface area contributed by atoms with Crippen LogP contribution in [-0.2, 0) is 20.8 Å². The Bertz CT molecular complexity index is 1920. The van der Waals surface area contributed by atoms with Crippen molar-refractivity contribution in [2.45, 2.75) is 66.2 Å². The molecule has 2 amide bonds. The van der Waals surface area contributed by atoms with Crippen LogP contribution in [0.1, 0.15) is 58.4 Å². The van der Waals surface area contributed by atoms with Gasteiger partial charge < -0.3 is 19.1 Å². The van der Waals surface area contributed by atoms with E-state index in [4.69, 9.17) is 19.2 Å². The number of anilines is 2. The smallest absolute Gasteiger partial charge is 0.427 e. The highest BCUT2D eigenvalue weighted by molar-refractivity contribution is 6.08. The highest BCUT2D eigenvalue weighted by atomic mass is 16.6. The molecule has 1 aromatic carbocycles. The summed E-state index contributed by atoms with van der Waals surface area (Å²) in [6.07, 6.45) is -0.312. The first-order valence-electron chi connectivity index (χ1n) is 16.5. The first-order valence-corrected chi connectivity index (χ1v) is 16.5. The van der Waals surface area contributed by atoms with Crippen LogP contribution in [0.15, 0.2) is 48.7 Å². The highest BCUT2D eigenvalue weighted by Gasteiger charge is 2.38. The fourth-order valence-corrected chi connectivity index (χ4v) is 5.96. The largest absolute Gasteiger partial charge is 0.443 e. The highest BCUT2D eigenvalue weighted by Crippen LogP contribution is 2.33. The fourth-order valence-electron chi connectivity index (χ4n) is 5.96. The van der Waals surface area contributed by atoms with Crippen molar-refractivity contribution in [2.75, 3.05) is 36.1 Å². The van der Waals surface area contributed by atoms with E-state index in [0.717, 1.165) is 37.8 Å². The first kappa shape index (κ1) is 34.4. The van der Waals surface area contributed by atoms with E-state index in [1.165, 1.54) is 0 Å². The molecule has 14 heteroatoms. The summed E-state index contributed by atoms with van der Waals surface area (Å²) in [7, 11) is 0. The van der Waals surface area contributed by atoms with Crippen molar-refractivity contribution in [1.29, 1.82) is 5.26 Å². The van der Waals surface area contributed by atoms with Gasteiger partial charge >= 0.3 is 12.2 Å². The molecule has 260 valence electrons. The van der Waals surface area contributed by atoms with Crippen LogP contribution in [0.4, 0.5) is 21.4 Å². The number of pyridine rings is 1. The van der Waals surface area contributed by atoms with Crippen molar-refractivity contribution in [1.82, 2.24) is 29.9 Å². The van der Waals surface area contributed by atoms with Gasteiger partial charge in [-0.3, -0.25) is 0 Å². The Morgan fingerprint density at radius 2 is 1.56 bits per heavy atom. The van der Waals surface area contributed by atoms with Crippen molar-refractivity contribution in [3.05, 3.63) is 65.5 Å². The molecule has 5 heterocycles. The number of hydrogen-bond donors (Lipinski definition) is 0. The van der Waals surface area contributed by atoms with Gasteiger partial charge in [-0.1, -0.05) is 23.4 Å². The molecule has 2 saturated heterocycles. The lowest BCUT2D eigenvalue weighted by Gasteiger charge is -2.27. The van der Waals surface area contributed by atoms with E-state index in [-0.39, 0.29) is 11.6 Å². The van der Waals surface area contributed by atoms with E-state index in [9.17, 15) is 14.9 Å². The number of carbonyl (C=O) groups is 2. The van der Waals surface area contributed by atoms with Gasteiger partial charge in [0.15, 0.2) is 0 Å². The van der Waals surface area contributed by atoms with Crippen LogP contribution in [0, 0.1) is 30.1 Å². The summed E-state index contributed by atoms with van der Waals surface area (Å²) < 4.78 is 18.5. The normalized spacial score (nSPS) is 17.3. The van der Waals surface area contributed by atoms with E-state index < -0.39 is 23.4 Å². The van der Waals surface area contributed by atoms with Crippen LogP contribution in [0.2, 0.25) is 0 Å². The Kier molecular flexibility index (Phi) is 9.28. The number of nitriles is 1. The van der Waals surface area contributed by atoms with Crippen LogP contribution in [-0.4, -0.2) is 79.6 Å². The minimum atomic E-state index is -1.01. The van der Waals surface area contributed by atoms with Crippen molar-refractivity contribution in [2.24, 2.45) is 11.8 Å². The minimum absolute atomic E-state index is 0.280. The average Bonchev–Trinajstić information content (AvgIpc) is 3.77. The van der Waals surface area contributed by atoms with Crippen molar-refractivity contribution < 1.29 is 23.8 Å². The molecule has 0 saturated carbocycles. The predicted molar refractivity (Wildman–Crippen MR) is 184 cm³/mol. The van der Waals surface area contributed by atoms with E-state index >= 15 is 0 Å². The number of aromatic nitrogens is 6. The fraction of sp³-hybridized carbons (Fsp3) is 0.444. The number of fused-ring (bicyclic) bond motifs is 1. The topological polar surface area (TPSA) is 161 Å². The van der Waals surface area contributed by atoms with E-state index in [0.29, 0.717) is 51.4 Å². The summed E-state index contributed by atoms with van der Waals surface area (Å²) in [5, 5.41) is 18.5. The van der Waals surface area contributed by atoms with Gasteiger partial charge in [-0.2, -0.15) is 5.26 Å².